The maximum atomic E-state index is 5.53. The maximum absolute atomic E-state index is 5.53. The molecular weight excluding hydrogens is 266 g/mol. The smallest absolute Gasteiger partial charge is 0.123 e. The van der Waals surface area contributed by atoms with Crippen LogP contribution in [0, 0.1) is 6.92 Å². The Balaban J connectivity index is 1.97. The first-order chi connectivity index (χ1) is 9.63. The molecule has 1 N–H and O–H groups in total. The molecule has 0 aliphatic heterocycles. The Labute approximate surface area is 127 Å². The number of hydrogen-bond acceptors (Lipinski definition) is 3. The summed E-state index contributed by atoms with van der Waals surface area (Å²) in [6, 6.07) is 7.48. The molecule has 112 valence electrons. The van der Waals surface area contributed by atoms with Crippen molar-refractivity contribution in [2.24, 2.45) is 0 Å². The summed E-state index contributed by atoms with van der Waals surface area (Å²) in [4.78, 5) is 0. The van der Waals surface area contributed by atoms with E-state index in [1.807, 2.05) is 0 Å². The molecule has 3 unspecified atom stereocenters. The van der Waals surface area contributed by atoms with Crippen molar-refractivity contribution >= 4 is 11.8 Å². The molecule has 1 fully saturated rings. The van der Waals surface area contributed by atoms with Crippen LogP contribution in [0.3, 0.4) is 0 Å². The predicted molar refractivity (Wildman–Crippen MR) is 88.8 cm³/mol. The zero-order valence-corrected chi connectivity index (χ0v) is 13.9. The van der Waals surface area contributed by atoms with Gasteiger partial charge >= 0.3 is 0 Å². The Kier molecular flexibility index (Phi) is 5.79. The second-order valence-corrected chi connectivity index (χ2v) is 7.30. The van der Waals surface area contributed by atoms with E-state index in [1.165, 1.54) is 36.1 Å². The first-order valence-corrected chi connectivity index (χ1v) is 8.71. The molecule has 0 bridgehead atoms. The van der Waals surface area contributed by atoms with Crippen LogP contribution in [0.2, 0.25) is 0 Å². The van der Waals surface area contributed by atoms with Gasteiger partial charge in [-0.3, -0.25) is 0 Å². The SMILES string of the molecule is CCSC1CCC(NC(C)c2ccc(C)cc2OC)C1. The molecule has 1 aromatic rings. The molecule has 0 spiro atoms. The standard InChI is InChI=1S/C17H27NOS/c1-5-20-15-8-7-14(11-15)18-13(3)16-9-6-12(2)10-17(16)19-4/h6,9-10,13-15,18H,5,7-8,11H2,1-4H3. The van der Waals surface area contributed by atoms with Crippen molar-refractivity contribution in [1.82, 2.24) is 5.32 Å². The number of nitrogens with one attached hydrogen (secondary N) is 1. The van der Waals surface area contributed by atoms with Crippen molar-refractivity contribution in [3.05, 3.63) is 29.3 Å². The summed E-state index contributed by atoms with van der Waals surface area (Å²) in [5, 5.41) is 4.64. The second kappa shape index (κ2) is 7.37. The molecule has 2 rings (SSSR count). The number of benzene rings is 1. The van der Waals surface area contributed by atoms with Gasteiger partial charge in [-0.25, -0.2) is 0 Å². The number of rotatable bonds is 6. The number of thioether (sulfide) groups is 1. The Morgan fingerprint density at radius 2 is 2.20 bits per heavy atom. The highest BCUT2D eigenvalue weighted by molar-refractivity contribution is 7.99. The summed E-state index contributed by atoms with van der Waals surface area (Å²) in [7, 11) is 1.76. The van der Waals surface area contributed by atoms with Gasteiger partial charge in [-0.15, -0.1) is 0 Å². The van der Waals surface area contributed by atoms with Gasteiger partial charge in [0.15, 0.2) is 0 Å². The summed E-state index contributed by atoms with van der Waals surface area (Å²) in [6.07, 6.45) is 3.96. The van der Waals surface area contributed by atoms with E-state index in [0.717, 1.165) is 11.0 Å². The van der Waals surface area contributed by atoms with Gasteiger partial charge in [0.2, 0.25) is 0 Å². The van der Waals surface area contributed by atoms with E-state index in [1.54, 1.807) is 7.11 Å². The Bertz CT molecular complexity index is 435. The third kappa shape index (κ3) is 3.92. The maximum Gasteiger partial charge on any atom is 0.123 e. The first kappa shape index (κ1) is 15.7. The molecule has 0 aromatic heterocycles. The molecule has 1 aliphatic rings. The van der Waals surface area contributed by atoms with Crippen LogP contribution >= 0.6 is 11.8 Å². The van der Waals surface area contributed by atoms with Crippen molar-refractivity contribution in [2.45, 2.75) is 57.4 Å². The fourth-order valence-corrected chi connectivity index (χ4v) is 4.24. The summed E-state index contributed by atoms with van der Waals surface area (Å²) < 4.78 is 5.53. The van der Waals surface area contributed by atoms with E-state index in [-0.39, 0.29) is 0 Å². The normalized spacial score (nSPS) is 23.8. The van der Waals surface area contributed by atoms with Crippen LogP contribution in [0.4, 0.5) is 0 Å². The van der Waals surface area contributed by atoms with Gasteiger partial charge in [0, 0.05) is 22.9 Å². The minimum atomic E-state index is 0.348. The highest BCUT2D eigenvalue weighted by Crippen LogP contribution is 2.32. The van der Waals surface area contributed by atoms with Crippen LogP contribution in [0.5, 0.6) is 5.75 Å². The van der Waals surface area contributed by atoms with E-state index in [4.69, 9.17) is 4.74 Å². The van der Waals surface area contributed by atoms with E-state index < -0.39 is 0 Å². The number of methoxy groups -OCH3 is 1. The molecular formula is C17H27NOS. The van der Waals surface area contributed by atoms with Crippen LogP contribution in [-0.4, -0.2) is 24.2 Å². The molecule has 1 aliphatic carbocycles. The lowest BCUT2D eigenvalue weighted by Crippen LogP contribution is -2.29. The van der Waals surface area contributed by atoms with Gasteiger partial charge in [-0.05, 0) is 50.5 Å². The second-order valence-electron chi connectivity index (χ2n) is 5.72. The van der Waals surface area contributed by atoms with Gasteiger partial charge < -0.3 is 10.1 Å². The fourth-order valence-electron chi connectivity index (χ4n) is 3.10. The van der Waals surface area contributed by atoms with Crippen molar-refractivity contribution in [3.8, 4) is 5.75 Å². The number of ether oxygens (including phenoxy) is 1. The minimum Gasteiger partial charge on any atom is -0.496 e. The zero-order chi connectivity index (χ0) is 14.5. The van der Waals surface area contributed by atoms with E-state index in [9.17, 15) is 0 Å². The van der Waals surface area contributed by atoms with Gasteiger partial charge in [0.25, 0.3) is 0 Å². The average Bonchev–Trinajstić information content (AvgIpc) is 2.86. The van der Waals surface area contributed by atoms with Crippen molar-refractivity contribution in [3.63, 3.8) is 0 Å². The monoisotopic (exact) mass is 293 g/mol. The average molecular weight is 293 g/mol. The van der Waals surface area contributed by atoms with Gasteiger partial charge in [-0.1, -0.05) is 19.1 Å². The van der Waals surface area contributed by atoms with Crippen molar-refractivity contribution in [2.75, 3.05) is 12.9 Å². The van der Waals surface area contributed by atoms with Crippen LogP contribution in [0.25, 0.3) is 0 Å². The molecule has 2 nitrogen and oxygen atoms in total. The first-order valence-electron chi connectivity index (χ1n) is 7.66. The molecule has 1 aromatic carbocycles. The Morgan fingerprint density at radius 1 is 1.40 bits per heavy atom. The topological polar surface area (TPSA) is 21.3 Å². The molecule has 0 heterocycles. The minimum absolute atomic E-state index is 0.348. The lowest BCUT2D eigenvalue weighted by Gasteiger charge is -2.22. The third-order valence-corrected chi connectivity index (χ3v) is 5.36. The molecule has 0 radical (unpaired) electrons. The largest absolute Gasteiger partial charge is 0.496 e. The summed E-state index contributed by atoms with van der Waals surface area (Å²) in [5.41, 5.74) is 2.52. The van der Waals surface area contributed by atoms with Crippen LogP contribution in [0.1, 0.15) is 50.3 Å². The van der Waals surface area contributed by atoms with Crippen LogP contribution < -0.4 is 10.1 Å². The van der Waals surface area contributed by atoms with Crippen molar-refractivity contribution < 1.29 is 4.74 Å². The Hall–Kier alpha value is -0.670. The van der Waals surface area contributed by atoms with Crippen molar-refractivity contribution in [1.29, 1.82) is 0 Å². The van der Waals surface area contributed by atoms with E-state index in [2.05, 4.69) is 56.0 Å². The van der Waals surface area contributed by atoms with Gasteiger partial charge in [0.1, 0.15) is 5.75 Å². The molecule has 3 heteroatoms. The molecule has 1 saturated carbocycles. The van der Waals surface area contributed by atoms with Gasteiger partial charge in [0.05, 0.1) is 7.11 Å². The lowest BCUT2D eigenvalue weighted by molar-refractivity contribution is 0.393. The Morgan fingerprint density at radius 3 is 2.90 bits per heavy atom. The highest BCUT2D eigenvalue weighted by atomic mass is 32.2. The summed E-state index contributed by atoms with van der Waals surface area (Å²) >= 11 is 2.11. The third-order valence-electron chi connectivity index (χ3n) is 4.13. The highest BCUT2D eigenvalue weighted by Gasteiger charge is 2.26. The van der Waals surface area contributed by atoms with E-state index in [0.29, 0.717) is 12.1 Å². The molecule has 20 heavy (non-hydrogen) atoms. The lowest BCUT2D eigenvalue weighted by atomic mass is 10.0. The number of aryl methyl sites for hydroxylation is 1. The zero-order valence-electron chi connectivity index (χ0n) is 13.1. The van der Waals surface area contributed by atoms with Crippen LogP contribution in [0.15, 0.2) is 18.2 Å². The predicted octanol–water partition coefficient (Wildman–Crippen LogP) is 4.33. The molecule has 0 amide bonds. The van der Waals surface area contributed by atoms with Gasteiger partial charge in [-0.2, -0.15) is 11.8 Å². The number of hydrogen-bond donors (Lipinski definition) is 1. The molecule has 0 saturated heterocycles. The van der Waals surface area contributed by atoms with E-state index >= 15 is 0 Å². The quantitative estimate of drug-likeness (QED) is 0.843. The summed E-state index contributed by atoms with van der Waals surface area (Å²) in [6.45, 7) is 6.60. The fraction of sp³-hybridized carbons (Fsp3) is 0.647. The van der Waals surface area contributed by atoms with Crippen LogP contribution in [-0.2, 0) is 0 Å². The molecule has 3 atom stereocenters. The summed E-state index contributed by atoms with van der Waals surface area (Å²) in [5.74, 6) is 2.24.